The number of nitrogens with one attached hydrogen (secondary N) is 2. The summed E-state index contributed by atoms with van der Waals surface area (Å²) in [6.45, 7) is 5.06. The van der Waals surface area contributed by atoms with Crippen LogP contribution in [0.3, 0.4) is 0 Å². The highest BCUT2D eigenvalue weighted by Crippen LogP contribution is 2.18. The molecule has 0 aliphatic carbocycles. The van der Waals surface area contributed by atoms with E-state index >= 15 is 0 Å². The normalized spacial score (nSPS) is 25.7. The van der Waals surface area contributed by atoms with Crippen LogP contribution in [0, 0.1) is 5.92 Å². The Morgan fingerprint density at radius 1 is 1.67 bits per heavy atom. The first-order valence-corrected chi connectivity index (χ1v) is 6.58. The average molecular weight is 250 g/mol. The van der Waals surface area contributed by atoms with Gasteiger partial charge in [-0.05, 0) is 33.2 Å². The quantitative estimate of drug-likeness (QED) is 0.841. The zero-order chi connectivity index (χ0) is 13.1. The summed E-state index contributed by atoms with van der Waals surface area (Å²) < 4.78 is 1.75. The van der Waals surface area contributed by atoms with Crippen LogP contribution >= 0.6 is 0 Å². The minimum atomic E-state index is 0.0244. The van der Waals surface area contributed by atoms with Gasteiger partial charge in [-0.1, -0.05) is 0 Å². The van der Waals surface area contributed by atoms with Crippen LogP contribution in [0.1, 0.15) is 38.3 Å². The number of aromatic nitrogens is 2. The third kappa shape index (κ3) is 3.10. The fourth-order valence-electron chi connectivity index (χ4n) is 2.45. The zero-order valence-corrected chi connectivity index (χ0v) is 11.3. The van der Waals surface area contributed by atoms with Gasteiger partial charge in [-0.15, -0.1) is 0 Å². The van der Waals surface area contributed by atoms with Crippen molar-refractivity contribution >= 4 is 5.91 Å². The molecule has 0 aromatic carbocycles. The lowest BCUT2D eigenvalue weighted by Crippen LogP contribution is -2.42. The van der Waals surface area contributed by atoms with Crippen LogP contribution in [0.15, 0.2) is 12.4 Å². The fourth-order valence-corrected chi connectivity index (χ4v) is 2.45. The van der Waals surface area contributed by atoms with Gasteiger partial charge >= 0.3 is 0 Å². The largest absolute Gasteiger partial charge is 0.349 e. The van der Waals surface area contributed by atoms with Crippen LogP contribution in [0.4, 0.5) is 0 Å². The summed E-state index contributed by atoms with van der Waals surface area (Å²) in [5, 5.41) is 10.6. The van der Waals surface area contributed by atoms with Crippen LogP contribution in [0.25, 0.3) is 0 Å². The standard InChI is InChI=1S/C13H22N4O/c1-9-6-11(4-5-14-9)13(18)16-10(2)12-7-15-17(3)8-12/h7-11,14H,4-6H2,1-3H3,(H,16,18). The number of hydrogen-bond acceptors (Lipinski definition) is 3. The molecule has 0 spiro atoms. The predicted octanol–water partition coefficient (Wildman–Crippen LogP) is 0.985. The van der Waals surface area contributed by atoms with Crippen molar-refractivity contribution in [2.45, 2.75) is 38.8 Å². The van der Waals surface area contributed by atoms with E-state index in [0.29, 0.717) is 6.04 Å². The summed E-state index contributed by atoms with van der Waals surface area (Å²) in [7, 11) is 1.88. The van der Waals surface area contributed by atoms with Gasteiger partial charge < -0.3 is 10.6 Å². The highest BCUT2D eigenvalue weighted by atomic mass is 16.1. The van der Waals surface area contributed by atoms with Gasteiger partial charge in [0, 0.05) is 30.8 Å². The summed E-state index contributed by atoms with van der Waals surface area (Å²) in [5.74, 6) is 0.306. The number of rotatable bonds is 3. The number of aryl methyl sites for hydroxylation is 1. The number of hydrogen-bond donors (Lipinski definition) is 2. The van der Waals surface area contributed by atoms with E-state index in [2.05, 4.69) is 22.7 Å². The first-order chi connectivity index (χ1) is 8.56. The first kappa shape index (κ1) is 13.1. The Balaban J connectivity index is 1.90. The molecule has 1 saturated heterocycles. The third-order valence-electron chi connectivity index (χ3n) is 3.58. The Morgan fingerprint density at radius 2 is 2.44 bits per heavy atom. The van der Waals surface area contributed by atoms with Crippen LogP contribution in [-0.2, 0) is 11.8 Å². The number of amides is 1. The van der Waals surface area contributed by atoms with Gasteiger partial charge in [0.05, 0.1) is 12.2 Å². The van der Waals surface area contributed by atoms with Crippen molar-refractivity contribution in [3.05, 3.63) is 18.0 Å². The summed E-state index contributed by atoms with van der Waals surface area (Å²) in [5.41, 5.74) is 1.05. The molecule has 2 heterocycles. The van der Waals surface area contributed by atoms with Gasteiger partial charge in [-0.3, -0.25) is 9.48 Å². The molecule has 1 amide bonds. The lowest BCUT2D eigenvalue weighted by Gasteiger charge is -2.28. The second kappa shape index (κ2) is 5.52. The SMILES string of the molecule is CC1CC(C(=O)NC(C)c2cnn(C)c2)CCN1. The average Bonchev–Trinajstić information content (AvgIpc) is 2.76. The third-order valence-corrected chi connectivity index (χ3v) is 3.58. The molecule has 3 unspecified atom stereocenters. The predicted molar refractivity (Wildman–Crippen MR) is 70.0 cm³/mol. The number of carbonyl (C=O) groups excluding carboxylic acids is 1. The smallest absolute Gasteiger partial charge is 0.223 e. The zero-order valence-electron chi connectivity index (χ0n) is 11.3. The van der Waals surface area contributed by atoms with Gasteiger partial charge in [0.1, 0.15) is 0 Å². The summed E-state index contributed by atoms with van der Waals surface area (Å²) in [4.78, 5) is 12.2. The van der Waals surface area contributed by atoms with Crippen LogP contribution < -0.4 is 10.6 Å². The highest BCUT2D eigenvalue weighted by Gasteiger charge is 2.25. The number of carbonyl (C=O) groups is 1. The molecular formula is C13H22N4O. The Bertz CT molecular complexity index is 415. The highest BCUT2D eigenvalue weighted by molar-refractivity contribution is 5.79. The van der Waals surface area contributed by atoms with Crippen LogP contribution in [0.2, 0.25) is 0 Å². The van der Waals surface area contributed by atoms with Gasteiger partial charge in [0.25, 0.3) is 0 Å². The molecule has 1 aliphatic heterocycles. The van der Waals surface area contributed by atoms with E-state index in [-0.39, 0.29) is 17.9 Å². The minimum absolute atomic E-state index is 0.0244. The Labute approximate surface area is 108 Å². The molecule has 1 aromatic rings. The van der Waals surface area contributed by atoms with Crippen molar-refractivity contribution in [3.8, 4) is 0 Å². The van der Waals surface area contributed by atoms with Crippen molar-refractivity contribution < 1.29 is 4.79 Å². The molecule has 5 heteroatoms. The van der Waals surface area contributed by atoms with E-state index in [9.17, 15) is 4.79 Å². The maximum absolute atomic E-state index is 12.2. The summed E-state index contributed by atoms with van der Waals surface area (Å²) in [6, 6.07) is 0.458. The molecule has 0 bridgehead atoms. The van der Waals surface area contributed by atoms with Crippen molar-refractivity contribution in [2.75, 3.05) is 6.54 Å². The Hall–Kier alpha value is -1.36. The summed E-state index contributed by atoms with van der Waals surface area (Å²) >= 11 is 0. The molecule has 5 nitrogen and oxygen atoms in total. The molecule has 0 radical (unpaired) electrons. The van der Waals surface area contributed by atoms with Gasteiger partial charge in [-0.25, -0.2) is 0 Å². The van der Waals surface area contributed by atoms with Gasteiger partial charge in [0.2, 0.25) is 5.91 Å². The maximum atomic E-state index is 12.2. The van der Waals surface area contributed by atoms with E-state index < -0.39 is 0 Å². The van der Waals surface area contributed by atoms with Gasteiger partial charge in [-0.2, -0.15) is 5.10 Å². The van der Waals surface area contributed by atoms with Crippen LogP contribution in [0.5, 0.6) is 0 Å². The molecule has 3 atom stereocenters. The van der Waals surface area contributed by atoms with E-state index in [1.54, 1.807) is 10.9 Å². The van der Waals surface area contributed by atoms with E-state index in [0.717, 1.165) is 24.9 Å². The molecule has 1 aliphatic rings. The number of nitrogens with zero attached hydrogens (tertiary/aromatic N) is 2. The van der Waals surface area contributed by atoms with Gasteiger partial charge in [0.15, 0.2) is 0 Å². The van der Waals surface area contributed by atoms with Crippen molar-refractivity contribution in [1.82, 2.24) is 20.4 Å². The second-order valence-electron chi connectivity index (χ2n) is 5.25. The molecule has 100 valence electrons. The lowest BCUT2D eigenvalue weighted by atomic mass is 9.92. The molecule has 2 rings (SSSR count). The molecular weight excluding hydrogens is 228 g/mol. The first-order valence-electron chi connectivity index (χ1n) is 6.58. The molecule has 0 saturated carbocycles. The van der Waals surface area contributed by atoms with E-state index in [1.165, 1.54) is 0 Å². The summed E-state index contributed by atoms with van der Waals surface area (Å²) in [6.07, 6.45) is 5.59. The van der Waals surface area contributed by atoms with E-state index in [1.807, 2.05) is 20.2 Å². The van der Waals surface area contributed by atoms with Crippen molar-refractivity contribution in [3.63, 3.8) is 0 Å². The second-order valence-corrected chi connectivity index (χ2v) is 5.25. The van der Waals surface area contributed by atoms with Crippen molar-refractivity contribution in [1.29, 1.82) is 0 Å². The Morgan fingerprint density at radius 3 is 3.06 bits per heavy atom. The number of piperidine rings is 1. The maximum Gasteiger partial charge on any atom is 0.223 e. The van der Waals surface area contributed by atoms with Crippen LogP contribution in [-0.4, -0.2) is 28.3 Å². The lowest BCUT2D eigenvalue weighted by molar-refractivity contribution is -0.126. The Kier molecular flexibility index (Phi) is 4.01. The topological polar surface area (TPSA) is 59.0 Å². The van der Waals surface area contributed by atoms with Crippen molar-refractivity contribution in [2.24, 2.45) is 13.0 Å². The fraction of sp³-hybridized carbons (Fsp3) is 0.692. The molecule has 1 fully saturated rings. The molecule has 1 aromatic heterocycles. The monoisotopic (exact) mass is 250 g/mol. The molecule has 18 heavy (non-hydrogen) atoms. The minimum Gasteiger partial charge on any atom is -0.349 e. The molecule has 2 N–H and O–H groups in total. The van der Waals surface area contributed by atoms with E-state index in [4.69, 9.17) is 0 Å².